The van der Waals surface area contributed by atoms with Gasteiger partial charge in [-0.15, -0.1) is 0 Å². The van der Waals surface area contributed by atoms with E-state index in [1.165, 1.54) is 14.2 Å². The Hall–Kier alpha value is -1.98. The minimum Gasteiger partial charge on any atom is -0.504 e. The van der Waals surface area contributed by atoms with Crippen molar-refractivity contribution in [1.29, 1.82) is 0 Å². The van der Waals surface area contributed by atoms with Crippen molar-refractivity contribution >= 4 is 11.9 Å². The van der Waals surface area contributed by atoms with Crippen LogP contribution in [0.4, 0.5) is 0 Å². The first kappa shape index (κ1) is 13.0. The predicted octanol–water partition coefficient (Wildman–Crippen LogP) is 0.606. The molecule has 0 aromatic heterocycles. The molecule has 0 amide bonds. The van der Waals surface area contributed by atoms with E-state index in [0.29, 0.717) is 0 Å². The van der Waals surface area contributed by atoms with Gasteiger partial charge < -0.3 is 19.7 Å². The van der Waals surface area contributed by atoms with E-state index < -0.39 is 11.9 Å². The third-order valence-electron chi connectivity index (χ3n) is 1.45. The summed E-state index contributed by atoms with van der Waals surface area (Å²) in [6.07, 6.45) is 1.69. The van der Waals surface area contributed by atoms with Crippen molar-refractivity contribution in [3.05, 3.63) is 23.7 Å². The van der Waals surface area contributed by atoms with Crippen molar-refractivity contribution in [2.24, 2.45) is 0 Å². The van der Waals surface area contributed by atoms with E-state index in [1.807, 2.05) is 0 Å². The van der Waals surface area contributed by atoms with E-state index >= 15 is 0 Å². The molecule has 0 aromatic carbocycles. The van der Waals surface area contributed by atoms with E-state index in [9.17, 15) is 9.59 Å². The number of ether oxygens (including phenoxy) is 2. The molecule has 6 heteroatoms. The Morgan fingerprint density at radius 2 is 1.33 bits per heavy atom. The first-order valence-electron chi connectivity index (χ1n) is 3.93. The van der Waals surface area contributed by atoms with Gasteiger partial charge in [-0.2, -0.15) is 0 Å². The SMILES string of the molecule is COC=C(CC(=COC)C(=O)O)C(=O)O. The van der Waals surface area contributed by atoms with Crippen molar-refractivity contribution in [3.63, 3.8) is 0 Å². The molecule has 0 heterocycles. The normalized spacial score (nSPS) is 12.1. The van der Waals surface area contributed by atoms with E-state index in [1.54, 1.807) is 0 Å². The summed E-state index contributed by atoms with van der Waals surface area (Å²) in [6.45, 7) is 0. The Morgan fingerprint density at radius 1 is 1.00 bits per heavy atom. The summed E-state index contributed by atoms with van der Waals surface area (Å²) >= 11 is 0. The third kappa shape index (κ3) is 4.70. The summed E-state index contributed by atoms with van der Waals surface area (Å²) in [5.74, 6) is -2.47. The smallest absolute Gasteiger partial charge is 0.335 e. The van der Waals surface area contributed by atoms with Crippen LogP contribution in [0.3, 0.4) is 0 Å². The Kier molecular flexibility index (Phi) is 5.62. The van der Waals surface area contributed by atoms with E-state index in [-0.39, 0.29) is 17.6 Å². The fourth-order valence-corrected chi connectivity index (χ4v) is 0.825. The summed E-state index contributed by atoms with van der Waals surface area (Å²) in [5.41, 5.74) is -0.327. The average Bonchev–Trinajstić information content (AvgIpc) is 2.15. The molecular formula is C9H12O6. The lowest BCUT2D eigenvalue weighted by atomic mass is 10.1. The number of carbonyl (C=O) groups is 2. The van der Waals surface area contributed by atoms with Gasteiger partial charge in [0.25, 0.3) is 0 Å². The molecule has 0 atom stereocenters. The molecule has 0 rings (SSSR count). The van der Waals surface area contributed by atoms with E-state index in [4.69, 9.17) is 10.2 Å². The molecule has 2 N–H and O–H groups in total. The van der Waals surface area contributed by atoms with Crippen LogP contribution in [0, 0.1) is 0 Å². The minimum atomic E-state index is -1.24. The van der Waals surface area contributed by atoms with Crippen LogP contribution in [0.2, 0.25) is 0 Å². The summed E-state index contributed by atoms with van der Waals surface area (Å²) in [6, 6.07) is 0. The molecule has 0 aliphatic rings. The summed E-state index contributed by atoms with van der Waals surface area (Å²) in [4.78, 5) is 21.3. The molecule has 0 fully saturated rings. The van der Waals surface area contributed by atoms with Gasteiger partial charge in [-0.1, -0.05) is 0 Å². The minimum absolute atomic E-state index is 0.164. The van der Waals surface area contributed by atoms with E-state index in [2.05, 4.69) is 9.47 Å². The molecular weight excluding hydrogens is 204 g/mol. The molecule has 0 aromatic rings. The van der Waals surface area contributed by atoms with Gasteiger partial charge in [0.1, 0.15) is 0 Å². The van der Waals surface area contributed by atoms with Crippen LogP contribution in [-0.2, 0) is 19.1 Å². The molecule has 0 saturated heterocycles. The van der Waals surface area contributed by atoms with Gasteiger partial charge in [-0.3, -0.25) is 0 Å². The second-order valence-corrected chi connectivity index (χ2v) is 2.54. The van der Waals surface area contributed by atoms with Crippen molar-refractivity contribution in [2.45, 2.75) is 6.42 Å². The fourth-order valence-electron chi connectivity index (χ4n) is 0.825. The van der Waals surface area contributed by atoms with Gasteiger partial charge in [0.05, 0.1) is 37.9 Å². The summed E-state index contributed by atoms with van der Waals surface area (Å²) < 4.78 is 9.04. The lowest BCUT2D eigenvalue weighted by Gasteiger charge is -2.03. The molecule has 0 saturated carbocycles. The number of rotatable bonds is 6. The molecule has 0 radical (unpaired) electrons. The topological polar surface area (TPSA) is 93.1 Å². The molecule has 84 valence electrons. The van der Waals surface area contributed by atoms with Crippen molar-refractivity contribution in [2.75, 3.05) is 14.2 Å². The maximum absolute atomic E-state index is 10.6. The molecule has 15 heavy (non-hydrogen) atoms. The zero-order valence-corrected chi connectivity index (χ0v) is 8.39. The maximum atomic E-state index is 10.6. The van der Waals surface area contributed by atoms with Crippen LogP contribution in [0.1, 0.15) is 6.42 Å². The molecule has 0 bridgehead atoms. The van der Waals surface area contributed by atoms with Gasteiger partial charge >= 0.3 is 11.9 Å². The number of hydrogen-bond donors (Lipinski definition) is 2. The quantitative estimate of drug-likeness (QED) is 0.499. The summed E-state index contributed by atoms with van der Waals surface area (Å²) in [5, 5.41) is 17.4. The van der Waals surface area contributed by atoms with Crippen LogP contribution in [-0.4, -0.2) is 36.4 Å². The third-order valence-corrected chi connectivity index (χ3v) is 1.45. The van der Waals surface area contributed by atoms with E-state index in [0.717, 1.165) is 12.5 Å². The number of hydrogen-bond acceptors (Lipinski definition) is 4. The average molecular weight is 216 g/mol. The molecule has 6 nitrogen and oxygen atoms in total. The van der Waals surface area contributed by atoms with Crippen molar-refractivity contribution in [1.82, 2.24) is 0 Å². The van der Waals surface area contributed by atoms with Crippen LogP contribution >= 0.6 is 0 Å². The highest BCUT2D eigenvalue weighted by Crippen LogP contribution is 2.12. The first-order chi connectivity index (χ1) is 7.02. The molecule has 0 aliphatic carbocycles. The first-order valence-corrected chi connectivity index (χ1v) is 3.93. The molecule has 0 spiro atoms. The Balaban J connectivity index is 4.78. The fraction of sp³-hybridized carbons (Fsp3) is 0.333. The zero-order chi connectivity index (χ0) is 11.8. The predicted molar refractivity (Wildman–Crippen MR) is 50.1 cm³/mol. The Bertz CT molecular complexity index is 272. The van der Waals surface area contributed by atoms with Gasteiger partial charge in [0.2, 0.25) is 0 Å². The summed E-state index contributed by atoms with van der Waals surface area (Å²) in [7, 11) is 2.56. The van der Waals surface area contributed by atoms with Crippen LogP contribution in [0.15, 0.2) is 23.7 Å². The second-order valence-electron chi connectivity index (χ2n) is 2.54. The second kappa shape index (κ2) is 6.47. The lowest BCUT2D eigenvalue weighted by Crippen LogP contribution is -2.08. The number of aliphatic carboxylic acids is 2. The van der Waals surface area contributed by atoms with Crippen molar-refractivity contribution < 1.29 is 29.3 Å². The van der Waals surface area contributed by atoms with Gasteiger partial charge in [0, 0.05) is 6.42 Å². The number of methoxy groups -OCH3 is 2. The highest BCUT2D eigenvalue weighted by atomic mass is 16.5. The van der Waals surface area contributed by atoms with Crippen LogP contribution < -0.4 is 0 Å². The lowest BCUT2D eigenvalue weighted by molar-refractivity contribution is -0.133. The monoisotopic (exact) mass is 216 g/mol. The zero-order valence-electron chi connectivity index (χ0n) is 8.39. The highest BCUT2D eigenvalue weighted by Gasteiger charge is 2.15. The van der Waals surface area contributed by atoms with Gasteiger partial charge in [-0.05, 0) is 0 Å². The Labute approximate surface area is 86.4 Å². The number of carboxylic acids is 2. The van der Waals surface area contributed by atoms with Crippen LogP contribution in [0.25, 0.3) is 0 Å². The molecule has 0 aliphatic heterocycles. The van der Waals surface area contributed by atoms with Crippen molar-refractivity contribution in [3.8, 4) is 0 Å². The standard InChI is InChI=1S/C9H12O6/c1-14-4-6(8(10)11)3-7(5-15-2)9(12)13/h4-5H,3H2,1-2H3,(H,10,11)(H,12,13). The van der Waals surface area contributed by atoms with Gasteiger partial charge in [-0.25, -0.2) is 9.59 Å². The van der Waals surface area contributed by atoms with Gasteiger partial charge in [0.15, 0.2) is 0 Å². The largest absolute Gasteiger partial charge is 0.504 e. The highest BCUT2D eigenvalue weighted by molar-refractivity contribution is 5.92. The molecule has 0 unspecified atom stereocenters. The Morgan fingerprint density at radius 3 is 1.53 bits per heavy atom. The van der Waals surface area contributed by atoms with Crippen LogP contribution in [0.5, 0.6) is 0 Å². The maximum Gasteiger partial charge on any atom is 0.335 e. The number of carboxylic acid groups (broad SMARTS) is 2.